The number of carbonyl (C=O) groups is 1. The summed E-state index contributed by atoms with van der Waals surface area (Å²) in [5.41, 5.74) is 5.92. The molecule has 0 radical (unpaired) electrons. The van der Waals surface area contributed by atoms with Gasteiger partial charge in [0.25, 0.3) is 0 Å². The van der Waals surface area contributed by atoms with Gasteiger partial charge in [0.1, 0.15) is 0 Å². The zero-order valence-corrected chi connectivity index (χ0v) is 13.6. The van der Waals surface area contributed by atoms with Crippen LogP contribution in [0.2, 0.25) is 0 Å². The van der Waals surface area contributed by atoms with E-state index < -0.39 is 0 Å². The van der Waals surface area contributed by atoms with Gasteiger partial charge in [0.2, 0.25) is 5.91 Å². The smallest absolute Gasteiger partial charge is 0.222 e. The first-order chi connectivity index (χ1) is 10.6. The number of aryl methyl sites for hydroxylation is 3. The van der Waals surface area contributed by atoms with Crippen molar-refractivity contribution in [2.75, 3.05) is 11.9 Å². The van der Waals surface area contributed by atoms with Gasteiger partial charge < -0.3 is 10.6 Å². The molecule has 0 saturated heterocycles. The van der Waals surface area contributed by atoms with Crippen LogP contribution in [-0.4, -0.2) is 12.5 Å². The lowest BCUT2D eigenvalue weighted by atomic mass is 10.1. The third kappa shape index (κ3) is 4.62. The number of carbonyl (C=O) groups excluding carboxylic acids is 1. The topological polar surface area (TPSA) is 41.1 Å². The average molecular weight is 296 g/mol. The van der Waals surface area contributed by atoms with Crippen molar-refractivity contribution in [1.82, 2.24) is 5.32 Å². The van der Waals surface area contributed by atoms with Gasteiger partial charge in [-0.2, -0.15) is 0 Å². The molecule has 3 nitrogen and oxygen atoms in total. The van der Waals surface area contributed by atoms with Gasteiger partial charge in [-0.15, -0.1) is 0 Å². The van der Waals surface area contributed by atoms with E-state index in [4.69, 9.17) is 0 Å². The number of hydrogen-bond acceptors (Lipinski definition) is 2. The van der Waals surface area contributed by atoms with E-state index in [-0.39, 0.29) is 5.91 Å². The maximum absolute atomic E-state index is 11.9. The number of benzene rings is 2. The summed E-state index contributed by atoms with van der Waals surface area (Å²) in [6.45, 7) is 7.45. The van der Waals surface area contributed by atoms with Crippen LogP contribution in [-0.2, 0) is 11.3 Å². The van der Waals surface area contributed by atoms with E-state index in [0.717, 1.165) is 11.3 Å². The molecule has 3 heteroatoms. The molecule has 116 valence electrons. The molecule has 2 rings (SSSR count). The van der Waals surface area contributed by atoms with Crippen LogP contribution >= 0.6 is 0 Å². The Morgan fingerprint density at radius 3 is 2.50 bits per heavy atom. The Labute approximate surface area is 132 Å². The highest BCUT2D eigenvalue weighted by molar-refractivity contribution is 5.76. The van der Waals surface area contributed by atoms with Gasteiger partial charge in [0.15, 0.2) is 0 Å². The molecule has 0 aliphatic carbocycles. The van der Waals surface area contributed by atoms with Gasteiger partial charge in [0, 0.05) is 25.2 Å². The minimum atomic E-state index is 0.0699. The summed E-state index contributed by atoms with van der Waals surface area (Å²) >= 11 is 0. The molecular formula is C19H24N2O. The Morgan fingerprint density at radius 1 is 1.00 bits per heavy atom. The minimum absolute atomic E-state index is 0.0699. The Hall–Kier alpha value is -2.29. The summed E-state index contributed by atoms with van der Waals surface area (Å²) in [5.74, 6) is 0.0699. The van der Waals surface area contributed by atoms with Gasteiger partial charge in [-0.25, -0.2) is 0 Å². The third-order valence-electron chi connectivity index (χ3n) is 3.79. The highest BCUT2D eigenvalue weighted by atomic mass is 16.1. The van der Waals surface area contributed by atoms with Gasteiger partial charge in [-0.3, -0.25) is 4.79 Å². The van der Waals surface area contributed by atoms with Crippen LogP contribution in [0.1, 0.15) is 28.7 Å². The van der Waals surface area contributed by atoms with Crippen molar-refractivity contribution in [3.05, 3.63) is 64.7 Å². The molecule has 22 heavy (non-hydrogen) atoms. The zero-order valence-electron chi connectivity index (χ0n) is 13.6. The molecule has 2 aromatic carbocycles. The highest BCUT2D eigenvalue weighted by Gasteiger charge is 2.03. The summed E-state index contributed by atoms with van der Waals surface area (Å²) in [6.07, 6.45) is 0.471. The lowest BCUT2D eigenvalue weighted by Crippen LogP contribution is -2.25. The fourth-order valence-electron chi connectivity index (χ4n) is 2.41. The van der Waals surface area contributed by atoms with Gasteiger partial charge in [0.05, 0.1) is 0 Å². The second kappa shape index (κ2) is 7.64. The molecule has 0 atom stereocenters. The normalized spacial score (nSPS) is 10.3. The van der Waals surface area contributed by atoms with Crippen molar-refractivity contribution >= 4 is 11.6 Å². The SMILES string of the molecule is Cc1ccc(NCCC(=O)NCc2ccccc2C)c(C)c1. The van der Waals surface area contributed by atoms with Crippen LogP contribution in [0.4, 0.5) is 5.69 Å². The molecule has 0 saturated carbocycles. The molecule has 1 amide bonds. The van der Waals surface area contributed by atoms with Crippen LogP contribution in [0.3, 0.4) is 0 Å². The largest absolute Gasteiger partial charge is 0.384 e. The molecule has 0 heterocycles. The maximum atomic E-state index is 11.9. The fraction of sp³-hybridized carbons (Fsp3) is 0.316. The first-order valence-corrected chi connectivity index (χ1v) is 7.68. The number of rotatable bonds is 6. The second-order valence-corrected chi connectivity index (χ2v) is 5.70. The first kappa shape index (κ1) is 16.1. The van der Waals surface area contributed by atoms with E-state index in [0.29, 0.717) is 19.5 Å². The Morgan fingerprint density at radius 2 is 1.77 bits per heavy atom. The number of amides is 1. The molecule has 0 aliphatic rings. The summed E-state index contributed by atoms with van der Waals surface area (Å²) in [4.78, 5) is 11.9. The Kier molecular flexibility index (Phi) is 5.59. The van der Waals surface area contributed by atoms with Crippen molar-refractivity contribution in [1.29, 1.82) is 0 Å². The second-order valence-electron chi connectivity index (χ2n) is 5.70. The summed E-state index contributed by atoms with van der Waals surface area (Å²) < 4.78 is 0. The predicted octanol–water partition coefficient (Wildman–Crippen LogP) is 3.73. The average Bonchev–Trinajstić information content (AvgIpc) is 2.49. The van der Waals surface area contributed by atoms with Crippen molar-refractivity contribution in [3.8, 4) is 0 Å². The van der Waals surface area contributed by atoms with E-state index >= 15 is 0 Å². The van der Waals surface area contributed by atoms with Crippen molar-refractivity contribution in [3.63, 3.8) is 0 Å². The van der Waals surface area contributed by atoms with E-state index in [2.05, 4.69) is 55.7 Å². The summed E-state index contributed by atoms with van der Waals surface area (Å²) in [5, 5.41) is 6.29. The summed E-state index contributed by atoms with van der Waals surface area (Å²) in [6, 6.07) is 14.4. The molecule has 0 bridgehead atoms. The molecular weight excluding hydrogens is 272 g/mol. The van der Waals surface area contributed by atoms with E-state index in [1.54, 1.807) is 0 Å². The van der Waals surface area contributed by atoms with Crippen LogP contribution in [0.15, 0.2) is 42.5 Å². The quantitative estimate of drug-likeness (QED) is 0.853. The molecule has 2 N–H and O–H groups in total. The van der Waals surface area contributed by atoms with E-state index in [9.17, 15) is 4.79 Å². The molecule has 0 aliphatic heterocycles. The van der Waals surface area contributed by atoms with Crippen molar-refractivity contribution in [2.45, 2.75) is 33.7 Å². The fourth-order valence-corrected chi connectivity index (χ4v) is 2.41. The van der Waals surface area contributed by atoms with E-state index in [1.807, 2.05) is 18.2 Å². The maximum Gasteiger partial charge on any atom is 0.222 e. The Balaban J connectivity index is 1.75. The number of hydrogen-bond donors (Lipinski definition) is 2. The number of nitrogens with one attached hydrogen (secondary N) is 2. The Bertz CT molecular complexity index is 650. The van der Waals surface area contributed by atoms with Crippen molar-refractivity contribution in [2.24, 2.45) is 0 Å². The molecule has 0 spiro atoms. The van der Waals surface area contributed by atoms with E-state index in [1.165, 1.54) is 16.7 Å². The summed E-state index contributed by atoms with van der Waals surface area (Å²) in [7, 11) is 0. The lowest BCUT2D eigenvalue weighted by Gasteiger charge is -2.11. The standard InChI is InChI=1S/C19H24N2O/c1-14-8-9-18(16(3)12-14)20-11-10-19(22)21-13-17-7-5-4-6-15(17)2/h4-9,12,20H,10-11,13H2,1-3H3,(H,21,22). The molecule has 2 aromatic rings. The van der Waals surface area contributed by atoms with Crippen LogP contribution in [0, 0.1) is 20.8 Å². The zero-order chi connectivity index (χ0) is 15.9. The van der Waals surface area contributed by atoms with Gasteiger partial charge >= 0.3 is 0 Å². The van der Waals surface area contributed by atoms with Crippen molar-refractivity contribution < 1.29 is 4.79 Å². The van der Waals surface area contributed by atoms with Crippen LogP contribution < -0.4 is 10.6 Å². The monoisotopic (exact) mass is 296 g/mol. The minimum Gasteiger partial charge on any atom is -0.384 e. The van der Waals surface area contributed by atoms with Crippen LogP contribution in [0.5, 0.6) is 0 Å². The lowest BCUT2D eigenvalue weighted by molar-refractivity contribution is -0.121. The first-order valence-electron chi connectivity index (χ1n) is 7.68. The highest BCUT2D eigenvalue weighted by Crippen LogP contribution is 2.15. The molecule has 0 fully saturated rings. The van der Waals surface area contributed by atoms with Gasteiger partial charge in [-0.1, -0.05) is 42.0 Å². The van der Waals surface area contributed by atoms with Crippen LogP contribution in [0.25, 0.3) is 0 Å². The number of anilines is 1. The molecule has 0 unspecified atom stereocenters. The molecule has 0 aromatic heterocycles. The third-order valence-corrected chi connectivity index (χ3v) is 3.79. The van der Waals surface area contributed by atoms with Gasteiger partial charge in [-0.05, 0) is 43.5 Å². The predicted molar refractivity (Wildman–Crippen MR) is 92.0 cm³/mol.